The van der Waals surface area contributed by atoms with E-state index in [9.17, 15) is 9.59 Å². The van der Waals surface area contributed by atoms with E-state index in [0.29, 0.717) is 23.2 Å². The smallest absolute Gasteiger partial charge is 0.260 e. The van der Waals surface area contributed by atoms with Crippen molar-refractivity contribution in [3.05, 3.63) is 52.6 Å². The van der Waals surface area contributed by atoms with Gasteiger partial charge in [-0.25, -0.2) is 4.98 Å². The summed E-state index contributed by atoms with van der Waals surface area (Å²) in [5, 5.41) is 3.50. The lowest BCUT2D eigenvalue weighted by molar-refractivity contribution is 0.0951. The Hall–Kier alpha value is -2.32. The molecule has 1 fully saturated rings. The summed E-state index contributed by atoms with van der Waals surface area (Å²) in [7, 11) is 1.44. The highest BCUT2D eigenvalue weighted by molar-refractivity contribution is 7.99. The van der Waals surface area contributed by atoms with Crippen molar-refractivity contribution in [1.82, 2.24) is 14.9 Å². The van der Waals surface area contributed by atoms with Crippen LogP contribution in [-0.4, -0.2) is 53.3 Å². The number of rotatable bonds is 7. The fraction of sp³-hybridized carbons (Fsp3) is 0.421. The van der Waals surface area contributed by atoms with Gasteiger partial charge in [0.25, 0.3) is 11.5 Å². The maximum absolute atomic E-state index is 12.6. The lowest BCUT2D eigenvalue weighted by atomic mass is 10.2. The Morgan fingerprint density at radius 3 is 2.93 bits per heavy atom. The first-order chi connectivity index (χ1) is 13.2. The quantitative estimate of drug-likeness (QED) is 0.728. The summed E-state index contributed by atoms with van der Waals surface area (Å²) < 4.78 is 11.9. The van der Waals surface area contributed by atoms with E-state index >= 15 is 0 Å². The van der Waals surface area contributed by atoms with E-state index in [1.165, 1.54) is 23.9 Å². The summed E-state index contributed by atoms with van der Waals surface area (Å²) in [5.41, 5.74) is -0.00371. The first-order valence-corrected chi connectivity index (χ1v) is 9.93. The topological polar surface area (TPSA) is 82.5 Å². The molecule has 144 valence electrons. The predicted octanol–water partition coefficient (Wildman–Crippen LogP) is 1.88. The minimum Gasteiger partial charge on any atom is -0.496 e. The van der Waals surface area contributed by atoms with Crippen molar-refractivity contribution in [2.24, 2.45) is 0 Å². The van der Waals surface area contributed by atoms with Crippen LogP contribution in [0, 0.1) is 0 Å². The molecular weight excluding hydrogens is 366 g/mol. The summed E-state index contributed by atoms with van der Waals surface area (Å²) in [6, 6.07) is 6.56. The maximum Gasteiger partial charge on any atom is 0.260 e. The van der Waals surface area contributed by atoms with Crippen LogP contribution in [0.3, 0.4) is 0 Å². The summed E-state index contributed by atoms with van der Waals surface area (Å²) in [4.78, 5) is 29.1. The van der Waals surface area contributed by atoms with E-state index in [0.717, 1.165) is 31.8 Å². The van der Waals surface area contributed by atoms with Crippen molar-refractivity contribution in [2.45, 2.75) is 18.1 Å². The molecule has 0 bridgehead atoms. The molecule has 1 amide bonds. The SMILES string of the molecule is COc1cc(=O)n(-c2ccccn2)cc1C(=O)NCCSC1CCOCC1. The predicted molar refractivity (Wildman–Crippen MR) is 105 cm³/mol. The van der Waals surface area contributed by atoms with Crippen LogP contribution in [-0.2, 0) is 4.74 Å². The van der Waals surface area contributed by atoms with Crippen LogP contribution in [0.2, 0.25) is 0 Å². The number of pyridine rings is 2. The van der Waals surface area contributed by atoms with Crippen molar-refractivity contribution < 1.29 is 14.3 Å². The Balaban J connectivity index is 1.66. The fourth-order valence-electron chi connectivity index (χ4n) is 2.86. The molecule has 1 aliphatic heterocycles. The minimum atomic E-state index is -0.308. The number of carbonyl (C=O) groups excluding carboxylic acids is 1. The molecule has 0 saturated carbocycles. The van der Waals surface area contributed by atoms with Crippen LogP contribution in [0.5, 0.6) is 5.75 Å². The molecule has 0 atom stereocenters. The second kappa shape index (κ2) is 9.57. The zero-order valence-corrected chi connectivity index (χ0v) is 16.0. The molecule has 0 radical (unpaired) electrons. The third-order valence-electron chi connectivity index (χ3n) is 4.29. The average molecular weight is 389 g/mol. The summed E-state index contributed by atoms with van der Waals surface area (Å²) in [5.74, 6) is 1.26. The Morgan fingerprint density at radius 1 is 1.41 bits per heavy atom. The van der Waals surface area contributed by atoms with E-state index in [4.69, 9.17) is 9.47 Å². The van der Waals surface area contributed by atoms with E-state index in [1.807, 2.05) is 11.8 Å². The van der Waals surface area contributed by atoms with E-state index in [1.54, 1.807) is 24.4 Å². The summed E-state index contributed by atoms with van der Waals surface area (Å²) in [6.45, 7) is 2.18. The lowest BCUT2D eigenvalue weighted by Crippen LogP contribution is -2.29. The molecule has 0 unspecified atom stereocenters. The number of hydrogen-bond donors (Lipinski definition) is 1. The second-order valence-corrected chi connectivity index (χ2v) is 7.50. The zero-order chi connectivity index (χ0) is 19.1. The molecule has 3 rings (SSSR count). The maximum atomic E-state index is 12.6. The van der Waals surface area contributed by atoms with Gasteiger partial charge in [0.15, 0.2) is 0 Å². The van der Waals surface area contributed by atoms with Crippen molar-refractivity contribution in [3.8, 4) is 11.6 Å². The Bertz CT molecular complexity index is 819. The molecule has 8 heteroatoms. The van der Waals surface area contributed by atoms with Gasteiger partial charge in [0, 0.05) is 49.2 Å². The first-order valence-electron chi connectivity index (χ1n) is 8.88. The average Bonchev–Trinajstić information content (AvgIpc) is 2.72. The number of thioether (sulfide) groups is 1. The van der Waals surface area contributed by atoms with Gasteiger partial charge in [0.2, 0.25) is 0 Å². The normalized spacial score (nSPS) is 14.7. The molecule has 0 aliphatic carbocycles. The van der Waals surface area contributed by atoms with Gasteiger partial charge in [-0.3, -0.25) is 14.2 Å². The molecule has 1 saturated heterocycles. The molecule has 1 N–H and O–H groups in total. The van der Waals surface area contributed by atoms with Crippen LogP contribution >= 0.6 is 11.8 Å². The van der Waals surface area contributed by atoms with Gasteiger partial charge in [-0.05, 0) is 25.0 Å². The van der Waals surface area contributed by atoms with Crippen molar-refractivity contribution in [2.75, 3.05) is 32.6 Å². The van der Waals surface area contributed by atoms with Gasteiger partial charge in [0.05, 0.1) is 12.7 Å². The van der Waals surface area contributed by atoms with Gasteiger partial charge in [-0.15, -0.1) is 0 Å². The summed E-state index contributed by atoms with van der Waals surface area (Å²) >= 11 is 1.86. The number of amides is 1. The highest BCUT2D eigenvalue weighted by atomic mass is 32.2. The number of ether oxygens (including phenoxy) is 2. The van der Waals surface area contributed by atoms with Crippen LogP contribution in [0.15, 0.2) is 41.5 Å². The first kappa shape index (κ1) is 19.4. The second-order valence-electron chi connectivity index (χ2n) is 6.09. The number of aromatic nitrogens is 2. The zero-order valence-electron chi connectivity index (χ0n) is 15.2. The minimum absolute atomic E-state index is 0.252. The van der Waals surface area contributed by atoms with Gasteiger partial charge >= 0.3 is 0 Å². The molecule has 3 heterocycles. The third-order valence-corrected chi connectivity index (χ3v) is 5.67. The van der Waals surface area contributed by atoms with Crippen LogP contribution < -0.4 is 15.6 Å². The molecular formula is C19H23N3O4S. The van der Waals surface area contributed by atoms with E-state index in [2.05, 4.69) is 10.3 Å². The van der Waals surface area contributed by atoms with Gasteiger partial charge in [-0.2, -0.15) is 11.8 Å². The highest BCUT2D eigenvalue weighted by Crippen LogP contribution is 2.21. The molecule has 0 spiro atoms. The Labute approximate surface area is 162 Å². The molecule has 7 nitrogen and oxygen atoms in total. The molecule has 2 aromatic rings. The fourth-order valence-corrected chi connectivity index (χ4v) is 3.94. The molecule has 1 aliphatic rings. The third kappa shape index (κ3) is 5.11. The van der Waals surface area contributed by atoms with Crippen molar-refractivity contribution in [3.63, 3.8) is 0 Å². The van der Waals surface area contributed by atoms with Gasteiger partial charge in [-0.1, -0.05) is 6.07 Å². The monoisotopic (exact) mass is 389 g/mol. The van der Waals surface area contributed by atoms with Gasteiger partial charge < -0.3 is 14.8 Å². The molecule has 27 heavy (non-hydrogen) atoms. The highest BCUT2D eigenvalue weighted by Gasteiger charge is 2.17. The molecule has 0 aromatic carbocycles. The van der Waals surface area contributed by atoms with E-state index < -0.39 is 0 Å². The van der Waals surface area contributed by atoms with Crippen LogP contribution in [0.25, 0.3) is 5.82 Å². The number of hydrogen-bond acceptors (Lipinski definition) is 6. The van der Waals surface area contributed by atoms with E-state index in [-0.39, 0.29) is 17.2 Å². The van der Waals surface area contributed by atoms with Crippen molar-refractivity contribution >= 4 is 17.7 Å². The lowest BCUT2D eigenvalue weighted by Gasteiger charge is -2.21. The number of carbonyl (C=O) groups is 1. The number of nitrogens with one attached hydrogen (secondary N) is 1. The Morgan fingerprint density at radius 2 is 2.22 bits per heavy atom. The Kier molecular flexibility index (Phi) is 6.89. The summed E-state index contributed by atoms with van der Waals surface area (Å²) in [6.07, 6.45) is 5.19. The molecule has 2 aromatic heterocycles. The van der Waals surface area contributed by atoms with Crippen molar-refractivity contribution in [1.29, 1.82) is 0 Å². The number of methoxy groups -OCH3 is 1. The van der Waals surface area contributed by atoms with Gasteiger partial charge in [0.1, 0.15) is 11.6 Å². The number of nitrogens with zero attached hydrogens (tertiary/aromatic N) is 2. The largest absolute Gasteiger partial charge is 0.496 e. The van der Waals surface area contributed by atoms with Crippen LogP contribution in [0.1, 0.15) is 23.2 Å². The standard InChI is InChI=1S/C19H23N3O4S/c1-25-16-12-18(23)22(17-4-2-3-7-20-17)13-15(16)19(24)21-8-11-27-14-5-9-26-10-6-14/h2-4,7,12-14H,5-6,8-11H2,1H3,(H,21,24). The van der Waals surface area contributed by atoms with Crippen LogP contribution in [0.4, 0.5) is 0 Å².